The fourth-order valence-corrected chi connectivity index (χ4v) is 5.93. The third-order valence-electron chi connectivity index (χ3n) is 7.40. The Bertz CT molecular complexity index is 1470. The zero-order chi connectivity index (χ0) is 23.8. The number of fused-ring (bicyclic) bond motifs is 2. The minimum atomic E-state index is -1.04. The van der Waals surface area contributed by atoms with Crippen LogP contribution < -0.4 is 10.6 Å². The van der Waals surface area contributed by atoms with Crippen LogP contribution in [0.4, 0.5) is 11.5 Å². The van der Waals surface area contributed by atoms with Crippen LogP contribution in [0.3, 0.4) is 0 Å². The van der Waals surface area contributed by atoms with E-state index in [4.69, 9.17) is 5.73 Å². The minimum absolute atomic E-state index is 0.0909. The molecule has 6 rings (SSSR count). The Kier molecular flexibility index (Phi) is 4.71. The lowest BCUT2D eigenvalue weighted by Crippen LogP contribution is -2.38. The van der Waals surface area contributed by atoms with Gasteiger partial charge in [-0.25, -0.2) is 15.0 Å². The van der Waals surface area contributed by atoms with Gasteiger partial charge >= 0.3 is 0 Å². The van der Waals surface area contributed by atoms with Gasteiger partial charge in [0.05, 0.1) is 27.8 Å². The van der Waals surface area contributed by atoms with Crippen molar-refractivity contribution in [3.05, 3.63) is 53.0 Å². The van der Waals surface area contributed by atoms with Crippen molar-refractivity contribution in [1.29, 1.82) is 0 Å². The maximum atomic E-state index is 13.1. The van der Waals surface area contributed by atoms with Crippen molar-refractivity contribution in [3.8, 4) is 0 Å². The first-order valence-corrected chi connectivity index (χ1v) is 11.9. The van der Waals surface area contributed by atoms with E-state index < -0.39 is 23.7 Å². The zero-order valence-electron chi connectivity index (χ0n) is 18.4. The smallest absolute Gasteiger partial charge is 0.227 e. The van der Waals surface area contributed by atoms with E-state index in [1.54, 1.807) is 4.90 Å². The van der Waals surface area contributed by atoms with E-state index in [1.807, 2.05) is 48.0 Å². The van der Waals surface area contributed by atoms with Crippen LogP contribution in [-0.2, 0) is 4.79 Å². The molecule has 1 aliphatic carbocycles. The number of aliphatic hydroxyl groups is 2. The number of nitrogens with two attached hydrogens (primary N) is 1. The van der Waals surface area contributed by atoms with Crippen molar-refractivity contribution >= 4 is 55.3 Å². The summed E-state index contributed by atoms with van der Waals surface area (Å²) in [5.74, 6) is 0.288. The second-order valence-electron chi connectivity index (χ2n) is 9.38. The molecule has 1 aromatic carbocycles. The van der Waals surface area contributed by atoms with E-state index >= 15 is 0 Å². The maximum Gasteiger partial charge on any atom is 0.227 e. The van der Waals surface area contributed by atoms with Crippen molar-refractivity contribution in [2.24, 2.45) is 5.41 Å². The molecule has 9 nitrogen and oxygen atoms in total. The second-order valence-corrected chi connectivity index (χ2v) is 10.2. The summed E-state index contributed by atoms with van der Waals surface area (Å²) < 4.78 is 2.62. The van der Waals surface area contributed by atoms with Crippen LogP contribution >= 0.6 is 15.9 Å². The van der Waals surface area contributed by atoms with Gasteiger partial charge in [0.1, 0.15) is 23.9 Å². The summed E-state index contributed by atoms with van der Waals surface area (Å²) in [5.41, 5.74) is 8.13. The highest BCUT2D eigenvalue weighted by Gasteiger charge is 2.58. The Labute approximate surface area is 203 Å². The van der Waals surface area contributed by atoms with Gasteiger partial charge in [-0.2, -0.15) is 0 Å². The van der Waals surface area contributed by atoms with Crippen LogP contribution in [0.15, 0.2) is 47.3 Å². The molecule has 174 valence electrons. The number of carbonyl (C=O) groups is 1. The molecule has 0 bridgehead atoms. The van der Waals surface area contributed by atoms with Gasteiger partial charge in [-0.1, -0.05) is 6.07 Å². The molecule has 10 heteroatoms. The molecule has 2 fully saturated rings. The molecule has 4 aromatic rings. The Balaban J connectivity index is 1.34. The lowest BCUT2D eigenvalue weighted by atomic mass is 9.82. The highest BCUT2D eigenvalue weighted by molar-refractivity contribution is 9.10. The summed E-state index contributed by atoms with van der Waals surface area (Å²) in [5, 5.41) is 24.0. The van der Waals surface area contributed by atoms with E-state index in [9.17, 15) is 15.0 Å². The van der Waals surface area contributed by atoms with Gasteiger partial charge in [-0.3, -0.25) is 4.79 Å². The Morgan fingerprint density at radius 3 is 2.85 bits per heavy atom. The minimum Gasteiger partial charge on any atom is -0.390 e. The molecule has 2 aliphatic rings. The summed E-state index contributed by atoms with van der Waals surface area (Å²) in [6.07, 6.45) is 1.92. The maximum absolute atomic E-state index is 13.1. The number of aromatic nitrogens is 4. The molecule has 4 heterocycles. The van der Waals surface area contributed by atoms with E-state index in [1.165, 1.54) is 6.33 Å². The van der Waals surface area contributed by atoms with Crippen molar-refractivity contribution in [2.75, 3.05) is 17.2 Å². The van der Waals surface area contributed by atoms with E-state index in [2.05, 4.69) is 30.9 Å². The molecule has 34 heavy (non-hydrogen) atoms. The number of hydrogen-bond donors (Lipinski definition) is 3. The van der Waals surface area contributed by atoms with Gasteiger partial charge in [-0.05, 0) is 53.5 Å². The number of anilines is 2. The Morgan fingerprint density at radius 1 is 1.21 bits per heavy atom. The first-order chi connectivity index (χ1) is 16.3. The number of nitrogen functional groups attached to an aromatic ring is 1. The van der Waals surface area contributed by atoms with Gasteiger partial charge in [-0.15, -0.1) is 0 Å². The van der Waals surface area contributed by atoms with Crippen LogP contribution in [-0.4, -0.2) is 54.4 Å². The predicted octanol–water partition coefficient (Wildman–Crippen LogP) is 2.72. The molecular formula is C24H23BrN6O3. The molecule has 1 aliphatic heterocycles. The fraction of sp³-hybridized carbons (Fsp3) is 0.333. The lowest BCUT2D eigenvalue weighted by Gasteiger charge is -2.27. The lowest BCUT2D eigenvalue weighted by molar-refractivity contribution is -0.118. The van der Waals surface area contributed by atoms with Crippen LogP contribution in [0.2, 0.25) is 0 Å². The standard InChI is InChI=1S/C24H23BrN6O3/c1-12-15-4-5-30(23(15)28-11-27-12)18-8-24(21(34)20(18)33)9-19(32)31(10-24)14-3-2-13-6-16(25)22(26)29-17(13)7-14/h2-7,11,18,20-21,33-34H,8-10H2,1H3,(H2,26,29). The average Bonchev–Trinajstić information content (AvgIpc) is 3.45. The summed E-state index contributed by atoms with van der Waals surface area (Å²) in [4.78, 5) is 27.9. The van der Waals surface area contributed by atoms with Crippen LogP contribution in [0.1, 0.15) is 24.6 Å². The molecule has 3 aromatic heterocycles. The topological polar surface area (TPSA) is 130 Å². The van der Waals surface area contributed by atoms with Gasteiger partial charge in [0.2, 0.25) is 5.91 Å². The number of pyridine rings is 1. The number of halogens is 1. The molecule has 1 amide bonds. The molecular weight excluding hydrogens is 500 g/mol. The summed E-state index contributed by atoms with van der Waals surface area (Å²) in [7, 11) is 0. The van der Waals surface area contributed by atoms with Gasteiger partial charge in [0.15, 0.2) is 0 Å². The molecule has 1 saturated heterocycles. The third kappa shape index (κ3) is 3.05. The Hall–Kier alpha value is -3.08. The molecule has 4 atom stereocenters. The van der Waals surface area contributed by atoms with Gasteiger partial charge in [0, 0.05) is 41.0 Å². The second kappa shape index (κ2) is 7.46. The number of hydrogen-bond acceptors (Lipinski definition) is 7. The normalized spacial score (nSPS) is 27.0. The monoisotopic (exact) mass is 522 g/mol. The number of amides is 1. The Morgan fingerprint density at radius 2 is 2.03 bits per heavy atom. The number of carbonyl (C=O) groups excluding carboxylic acids is 1. The number of aliphatic hydroxyl groups excluding tert-OH is 2. The van der Waals surface area contributed by atoms with E-state index in [0.717, 1.165) is 20.9 Å². The van der Waals surface area contributed by atoms with E-state index in [0.29, 0.717) is 35.6 Å². The highest BCUT2D eigenvalue weighted by Crippen LogP contribution is 2.52. The fourth-order valence-electron chi connectivity index (χ4n) is 5.60. The molecule has 4 unspecified atom stereocenters. The first-order valence-electron chi connectivity index (χ1n) is 11.1. The van der Waals surface area contributed by atoms with Crippen LogP contribution in [0.5, 0.6) is 0 Å². The van der Waals surface area contributed by atoms with Crippen molar-refractivity contribution < 1.29 is 15.0 Å². The largest absolute Gasteiger partial charge is 0.390 e. The third-order valence-corrected chi connectivity index (χ3v) is 8.03. The highest BCUT2D eigenvalue weighted by atomic mass is 79.9. The number of rotatable bonds is 2. The van der Waals surface area contributed by atoms with Crippen molar-refractivity contribution in [3.63, 3.8) is 0 Å². The average molecular weight is 523 g/mol. The van der Waals surface area contributed by atoms with Crippen molar-refractivity contribution in [2.45, 2.75) is 38.0 Å². The zero-order valence-corrected chi connectivity index (χ0v) is 20.0. The van der Waals surface area contributed by atoms with Gasteiger partial charge < -0.3 is 25.4 Å². The van der Waals surface area contributed by atoms with Crippen LogP contribution in [0, 0.1) is 12.3 Å². The SMILES string of the molecule is Cc1ncnc2c1ccn2C1CC2(CC(=O)N(c3ccc4cc(Br)c(N)nc4c3)C2)C(O)C1O. The summed E-state index contributed by atoms with van der Waals surface area (Å²) >= 11 is 3.39. The number of aryl methyl sites for hydroxylation is 1. The molecule has 4 N–H and O–H groups in total. The molecule has 1 saturated carbocycles. The van der Waals surface area contributed by atoms with Crippen molar-refractivity contribution in [1.82, 2.24) is 19.5 Å². The summed E-state index contributed by atoms with van der Waals surface area (Å²) in [6.45, 7) is 2.22. The predicted molar refractivity (Wildman–Crippen MR) is 131 cm³/mol. The quantitative estimate of drug-likeness (QED) is 0.368. The number of benzene rings is 1. The van der Waals surface area contributed by atoms with Gasteiger partial charge in [0.25, 0.3) is 0 Å². The first kappa shape index (κ1) is 21.5. The molecule has 1 spiro atoms. The number of nitrogens with zero attached hydrogens (tertiary/aromatic N) is 5. The van der Waals surface area contributed by atoms with Crippen LogP contribution in [0.25, 0.3) is 21.9 Å². The van der Waals surface area contributed by atoms with E-state index in [-0.39, 0.29) is 12.3 Å². The molecule has 0 radical (unpaired) electrons. The summed E-state index contributed by atoms with van der Waals surface area (Å²) in [6, 6.07) is 9.03.